The van der Waals surface area contributed by atoms with Gasteiger partial charge in [-0.2, -0.15) is 5.10 Å². The molecule has 6 heteroatoms. The Morgan fingerprint density at radius 1 is 1.42 bits per heavy atom. The number of aromatic nitrogens is 3. The van der Waals surface area contributed by atoms with E-state index < -0.39 is 0 Å². The molecule has 2 heterocycles. The van der Waals surface area contributed by atoms with E-state index in [2.05, 4.69) is 21.6 Å². The molecule has 5 nitrogen and oxygen atoms in total. The van der Waals surface area contributed by atoms with E-state index >= 15 is 0 Å². The molecule has 3 N–H and O–H groups in total. The molecule has 0 aliphatic carbocycles. The summed E-state index contributed by atoms with van der Waals surface area (Å²) in [4.78, 5) is 4.48. The van der Waals surface area contributed by atoms with Gasteiger partial charge in [0, 0.05) is 12.7 Å². The van der Waals surface area contributed by atoms with Crippen molar-refractivity contribution in [2.24, 2.45) is 5.84 Å². The van der Waals surface area contributed by atoms with E-state index in [4.69, 9.17) is 17.4 Å². The van der Waals surface area contributed by atoms with Gasteiger partial charge in [-0.1, -0.05) is 17.7 Å². The molecule has 2 aromatic rings. The second kappa shape index (κ2) is 5.69. The minimum atomic E-state index is -0.268. The van der Waals surface area contributed by atoms with Crippen molar-refractivity contribution in [3.8, 4) is 0 Å². The number of halogens is 1. The van der Waals surface area contributed by atoms with E-state index in [0.29, 0.717) is 5.02 Å². The highest BCUT2D eigenvalue weighted by Crippen LogP contribution is 2.28. The van der Waals surface area contributed by atoms with Gasteiger partial charge >= 0.3 is 0 Å². The molecule has 0 spiro atoms. The van der Waals surface area contributed by atoms with Crippen LogP contribution in [-0.2, 0) is 6.54 Å². The molecule has 2 rings (SSSR count). The molecule has 19 heavy (non-hydrogen) atoms. The summed E-state index contributed by atoms with van der Waals surface area (Å²) in [5, 5.41) is 4.83. The van der Waals surface area contributed by atoms with Crippen LogP contribution in [0.15, 0.2) is 18.5 Å². The quantitative estimate of drug-likeness (QED) is 0.664. The SMILES string of the molecule is CCn1ncc(Cl)c1C(NN)c1ncc(C)cc1C. The molecule has 0 fully saturated rings. The van der Waals surface area contributed by atoms with Crippen molar-refractivity contribution < 1.29 is 0 Å². The van der Waals surface area contributed by atoms with Gasteiger partial charge in [-0.25, -0.2) is 5.43 Å². The van der Waals surface area contributed by atoms with Crippen molar-refractivity contribution in [2.45, 2.75) is 33.4 Å². The largest absolute Gasteiger partial charge is 0.270 e. The van der Waals surface area contributed by atoms with Crippen molar-refractivity contribution in [2.75, 3.05) is 0 Å². The summed E-state index contributed by atoms with van der Waals surface area (Å²) in [5.41, 5.74) is 6.68. The smallest absolute Gasteiger partial charge is 0.107 e. The molecule has 1 unspecified atom stereocenters. The zero-order valence-electron chi connectivity index (χ0n) is 11.3. The van der Waals surface area contributed by atoms with Crippen LogP contribution in [0.25, 0.3) is 0 Å². The van der Waals surface area contributed by atoms with Gasteiger partial charge < -0.3 is 0 Å². The fourth-order valence-electron chi connectivity index (χ4n) is 2.23. The van der Waals surface area contributed by atoms with Crippen molar-refractivity contribution in [3.63, 3.8) is 0 Å². The number of hydrogen-bond donors (Lipinski definition) is 2. The lowest BCUT2D eigenvalue weighted by atomic mass is 10.0. The molecule has 0 radical (unpaired) electrons. The number of hydrazine groups is 1. The molecule has 0 amide bonds. The summed E-state index contributed by atoms with van der Waals surface area (Å²) < 4.78 is 1.83. The molecule has 102 valence electrons. The first-order valence-electron chi connectivity index (χ1n) is 6.19. The van der Waals surface area contributed by atoms with Crippen molar-refractivity contribution >= 4 is 11.6 Å². The third-order valence-corrected chi connectivity index (χ3v) is 3.39. The van der Waals surface area contributed by atoms with E-state index in [1.807, 2.05) is 31.6 Å². The van der Waals surface area contributed by atoms with Crippen LogP contribution < -0.4 is 11.3 Å². The predicted octanol–water partition coefficient (Wildman–Crippen LogP) is 2.12. The van der Waals surface area contributed by atoms with Gasteiger partial charge in [0.2, 0.25) is 0 Å². The predicted molar refractivity (Wildman–Crippen MR) is 75.8 cm³/mol. The van der Waals surface area contributed by atoms with Gasteiger partial charge in [-0.05, 0) is 31.9 Å². The monoisotopic (exact) mass is 279 g/mol. The first kappa shape index (κ1) is 14.0. The Bertz CT molecular complexity index is 578. The second-order valence-corrected chi connectivity index (χ2v) is 4.92. The molecule has 0 saturated heterocycles. The van der Waals surface area contributed by atoms with Crippen LogP contribution >= 0.6 is 11.6 Å². The Morgan fingerprint density at radius 2 is 2.16 bits per heavy atom. The maximum absolute atomic E-state index is 6.22. The number of rotatable bonds is 4. The Hall–Kier alpha value is -1.43. The highest BCUT2D eigenvalue weighted by atomic mass is 35.5. The Morgan fingerprint density at radius 3 is 2.74 bits per heavy atom. The average molecular weight is 280 g/mol. The maximum Gasteiger partial charge on any atom is 0.107 e. The van der Waals surface area contributed by atoms with Crippen LogP contribution in [0.4, 0.5) is 0 Å². The topological polar surface area (TPSA) is 68.8 Å². The van der Waals surface area contributed by atoms with Gasteiger partial charge in [0.15, 0.2) is 0 Å². The lowest BCUT2D eigenvalue weighted by Crippen LogP contribution is -2.32. The van der Waals surface area contributed by atoms with E-state index in [9.17, 15) is 0 Å². The fraction of sp³-hybridized carbons (Fsp3) is 0.385. The highest BCUT2D eigenvalue weighted by molar-refractivity contribution is 6.31. The first-order valence-corrected chi connectivity index (χ1v) is 6.56. The molecule has 1 atom stereocenters. The number of nitrogens with two attached hydrogens (primary N) is 1. The number of hydrogen-bond acceptors (Lipinski definition) is 4. The Kier molecular flexibility index (Phi) is 4.19. The molecule has 0 saturated carbocycles. The summed E-state index contributed by atoms with van der Waals surface area (Å²) in [5.74, 6) is 5.71. The average Bonchev–Trinajstić information content (AvgIpc) is 2.74. The molecular formula is C13H18ClN5. The minimum absolute atomic E-state index is 0.268. The summed E-state index contributed by atoms with van der Waals surface area (Å²) in [6, 6.07) is 1.81. The summed E-state index contributed by atoms with van der Waals surface area (Å²) in [6.07, 6.45) is 3.46. The summed E-state index contributed by atoms with van der Waals surface area (Å²) in [7, 11) is 0. The van der Waals surface area contributed by atoms with Crippen LogP contribution in [-0.4, -0.2) is 14.8 Å². The van der Waals surface area contributed by atoms with Crippen LogP contribution in [0.5, 0.6) is 0 Å². The number of aryl methyl sites for hydroxylation is 3. The van der Waals surface area contributed by atoms with Crippen LogP contribution in [0.2, 0.25) is 5.02 Å². The summed E-state index contributed by atoms with van der Waals surface area (Å²) >= 11 is 6.22. The van der Waals surface area contributed by atoms with Gasteiger partial charge in [-0.3, -0.25) is 15.5 Å². The molecule has 2 aromatic heterocycles. The fourth-order valence-corrected chi connectivity index (χ4v) is 2.48. The lowest BCUT2D eigenvalue weighted by molar-refractivity contribution is 0.533. The van der Waals surface area contributed by atoms with Gasteiger partial charge in [-0.15, -0.1) is 0 Å². The minimum Gasteiger partial charge on any atom is -0.270 e. The molecule has 0 aliphatic heterocycles. The summed E-state index contributed by atoms with van der Waals surface area (Å²) in [6.45, 7) is 6.76. The van der Waals surface area contributed by atoms with E-state index in [0.717, 1.165) is 29.1 Å². The Balaban J connectivity index is 2.52. The van der Waals surface area contributed by atoms with Crippen molar-refractivity contribution in [1.29, 1.82) is 0 Å². The Labute approximate surface area is 117 Å². The van der Waals surface area contributed by atoms with E-state index in [-0.39, 0.29) is 6.04 Å². The number of nitrogens with one attached hydrogen (secondary N) is 1. The van der Waals surface area contributed by atoms with Gasteiger partial charge in [0.05, 0.1) is 22.6 Å². The number of nitrogens with zero attached hydrogens (tertiary/aromatic N) is 3. The standard InChI is InChI=1S/C13H18ClN5/c1-4-19-13(10(14)7-17-19)12(18-15)11-9(3)5-8(2)6-16-11/h5-7,12,18H,4,15H2,1-3H3. The molecule has 0 aliphatic rings. The molecule has 0 bridgehead atoms. The van der Waals surface area contributed by atoms with E-state index in [1.54, 1.807) is 6.20 Å². The highest BCUT2D eigenvalue weighted by Gasteiger charge is 2.23. The second-order valence-electron chi connectivity index (χ2n) is 4.51. The van der Waals surface area contributed by atoms with Crippen molar-refractivity contribution in [1.82, 2.24) is 20.2 Å². The maximum atomic E-state index is 6.22. The van der Waals surface area contributed by atoms with Crippen LogP contribution in [0.1, 0.15) is 35.5 Å². The lowest BCUT2D eigenvalue weighted by Gasteiger charge is -2.19. The third-order valence-electron chi connectivity index (χ3n) is 3.10. The normalized spacial score (nSPS) is 12.7. The van der Waals surface area contributed by atoms with Gasteiger partial charge in [0.1, 0.15) is 6.04 Å². The first-order chi connectivity index (χ1) is 9.08. The van der Waals surface area contributed by atoms with Crippen LogP contribution in [0, 0.1) is 13.8 Å². The number of pyridine rings is 1. The third kappa shape index (κ3) is 2.63. The molecule has 0 aromatic carbocycles. The van der Waals surface area contributed by atoms with Crippen molar-refractivity contribution in [3.05, 3.63) is 46.0 Å². The zero-order valence-corrected chi connectivity index (χ0v) is 12.1. The molecular weight excluding hydrogens is 262 g/mol. The van der Waals surface area contributed by atoms with E-state index in [1.165, 1.54) is 0 Å². The van der Waals surface area contributed by atoms with Crippen LogP contribution in [0.3, 0.4) is 0 Å². The zero-order chi connectivity index (χ0) is 14.0. The van der Waals surface area contributed by atoms with Gasteiger partial charge in [0.25, 0.3) is 0 Å².